The number of aliphatic hydroxyl groups is 1. The summed E-state index contributed by atoms with van der Waals surface area (Å²) in [5, 5.41) is 12.1. The Labute approximate surface area is 171 Å². The van der Waals surface area contributed by atoms with Crippen LogP contribution in [0.3, 0.4) is 0 Å². The number of hydrogen-bond donors (Lipinski definition) is 2. The number of carbonyl (C=O) groups excluding carboxylic acids is 3. The molecule has 0 aromatic heterocycles. The molecule has 2 N–H and O–H groups in total. The quantitative estimate of drug-likeness (QED) is 0.212. The van der Waals surface area contributed by atoms with Crippen LogP contribution in [0.2, 0.25) is 0 Å². The number of nitrogens with one attached hydrogen (secondary N) is 1. The number of rotatable bonds is 8. The highest BCUT2D eigenvalue weighted by molar-refractivity contribution is 6.26. The average molecular weight is 399 g/mol. The van der Waals surface area contributed by atoms with Crippen molar-refractivity contribution in [2.75, 3.05) is 52.4 Å². The number of aldehydes is 1. The first-order chi connectivity index (χ1) is 14.1. The maximum atomic E-state index is 12.7. The van der Waals surface area contributed by atoms with Crippen molar-refractivity contribution in [1.29, 1.82) is 0 Å². The molecule has 7 nitrogen and oxygen atoms in total. The van der Waals surface area contributed by atoms with Crippen molar-refractivity contribution >= 4 is 17.9 Å². The fourth-order valence-corrected chi connectivity index (χ4v) is 4.04. The van der Waals surface area contributed by atoms with Crippen LogP contribution < -0.4 is 5.32 Å². The third-order valence-electron chi connectivity index (χ3n) is 5.78. The summed E-state index contributed by atoms with van der Waals surface area (Å²) in [6, 6.07) is 9.28. The third-order valence-corrected chi connectivity index (χ3v) is 5.78. The van der Waals surface area contributed by atoms with Gasteiger partial charge in [0.25, 0.3) is 0 Å². The zero-order chi connectivity index (χ0) is 20.6. The van der Waals surface area contributed by atoms with Gasteiger partial charge in [-0.15, -0.1) is 0 Å². The number of benzene rings is 1. The Kier molecular flexibility index (Phi) is 7.69. The van der Waals surface area contributed by atoms with Gasteiger partial charge >= 0.3 is 0 Å². The van der Waals surface area contributed by atoms with Crippen LogP contribution >= 0.6 is 0 Å². The zero-order valence-electron chi connectivity index (χ0n) is 16.6. The predicted molar refractivity (Wildman–Crippen MR) is 109 cm³/mol. The van der Waals surface area contributed by atoms with Crippen molar-refractivity contribution < 1.29 is 19.5 Å². The first-order valence-electron chi connectivity index (χ1n) is 10.2. The van der Waals surface area contributed by atoms with Crippen LogP contribution in [0.25, 0.3) is 0 Å². The molecule has 1 saturated heterocycles. The molecule has 2 unspecified atom stereocenters. The number of aliphatic hydroxyl groups excluding tert-OH is 1. The summed E-state index contributed by atoms with van der Waals surface area (Å²) in [6.45, 7) is 6.06. The van der Waals surface area contributed by atoms with Crippen LogP contribution in [0.5, 0.6) is 0 Å². The average Bonchev–Trinajstić information content (AvgIpc) is 2.74. The Hall–Kier alpha value is -2.35. The highest BCUT2D eigenvalue weighted by Gasteiger charge is 2.40. The molecule has 29 heavy (non-hydrogen) atoms. The molecule has 0 spiro atoms. The first kappa shape index (κ1) is 21.4. The molecule has 7 heteroatoms. The van der Waals surface area contributed by atoms with Crippen molar-refractivity contribution in [3.63, 3.8) is 0 Å². The molecule has 1 aromatic rings. The van der Waals surface area contributed by atoms with Gasteiger partial charge in [0.15, 0.2) is 11.6 Å². The minimum Gasteiger partial charge on any atom is -0.395 e. The van der Waals surface area contributed by atoms with Crippen LogP contribution in [0, 0.1) is 5.92 Å². The number of β-amino-alcohol motifs (C(OH)–C–C–N with tert-alkyl or cyclic N) is 1. The predicted octanol–water partition coefficient (Wildman–Crippen LogP) is 0.211. The number of Topliss-reactive ketones (excluding diaryl/α,β-unsaturated/α-hetero) is 2. The monoisotopic (exact) mass is 399 g/mol. The molecule has 2 aliphatic rings. The van der Waals surface area contributed by atoms with E-state index in [9.17, 15) is 14.4 Å². The Bertz CT molecular complexity index is 742. The Morgan fingerprint density at radius 1 is 1.03 bits per heavy atom. The molecular weight excluding hydrogens is 370 g/mol. The number of allylic oxidation sites excluding steroid dienone is 1. The van der Waals surface area contributed by atoms with Gasteiger partial charge in [0, 0.05) is 64.4 Å². The molecule has 2 fully saturated rings. The van der Waals surface area contributed by atoms with E-state index in [2.05, 4.69) is 15.1 Å². The van der Waals surface area contributed by atoms with Gasteiger partial charge in [0.2, 0.25) is 0 Å². The molecule has 1 aliphatic carbocycles. The normalized spacial score (nSPS) is 25.3. The standard InChI is InChI=1S/C22H29N3O4/c26-13-12-25-10-8-24(9-11-25)7-6-23-15-19-21(28)14-18(20(16-27)22(19)29)17-4-2-1-3-5-17/h1-5,15-16,18,20,23,26H,6-14H2/b19-15-. The maximum absolute atomic E-state index is 12.7. The van der Waals surface area contributed by atoms with Gasteiger partial charge in [-0.25, -0.2) is 0 Å². The summed E-state index contributed by atoms with van der Waals surface area (Å²) in [5.41, 5.74) is 0.945. The molecule has 0 radical (unpaired) electrons. The van der Waals surface area contributed by atoms with Crippen LogP contribution in [0.15, 0.2) is 42.1 Å². The minimum absolute atomic E-state index is 0.0991. The fourth-order valence-electron chi connectivity index (χ4n) is 4.04. The van der Waals surface area contributed by atoms with E-state index in [4.69, 9.17) is 5.11 Å². The highest BCUT2D eigenvalue weighted by Crippen LogP contribution is 2.35. The van der Waals surface area contributed by atoms with E-state index in [1.54, 1.807) is 0 Å². The van der Waals surface area contributed by atoms with Gasteiger partial charge in [0.1, 0.15) is 6.29 Å². The van der Waals surface area contributed by atoms with E-state index >= 15 is 0 Å². The lowest BCUT2D eigenvalue weighted by Crippen LogP contribution is -2.48. The van der Waals surface area contributed by atoms with Crippen molar-refractivity contribution in [2.45, 2.75) is 12.3 Å². The summed E-state index contributed by atoms with van der Waals surface area (Å²) in [5.74, 6) is -1.81. The summed E-state index contributed by atoms with van der Waals surface area (Å²) < 4.78 is 0. The summed E-state index contributed by atoms with van der Waals surface area (Å²) in [6.07, 6.45) is 2.33. The third kappa shape index (κ3) is 5.38. The number of piperazine rings is 1. The number of nitrogens with zero attached hydrogens (tertiary/aromatic N) is 2. The first-order valence-corrected chi connectivity index (χ1v) is 10.2. The zero-order valence-corrected chi connectivity index (χ0v) is 16.6. The SMILES string of the molecule is O=CC1C(=O)/C(=C\NCCN2CCN(CCO)CC2)C(=O)CC1c1ccccc1. The van der Waals surface area contributed by atoms with Crippen LogP contribution in [-0.4, -0.2) is 85.2 Å². The smallest absolute Gasteiger partial charge is 0.178 e. The van der Waals surface area contributed by atoms with Crippen molar-refractivity contribution in [2.24, 2.45) is 5.92 Å². The lowest BCUT2D eigenvalue weighted by molar-refractivity contribution is -0.130. The highest BCUT2D eigenvalue weighted by atomic mass is 16.3. The molecule has 1 aliphatic heterocycles. The number of hydrogen-bond acceptors (Lipinski definition) is 7. The number of ketones is 2. The van der Waals surface area contributed by atoms with E-state index in [0.29, 0.717) is 19.4 Å². The largest absolute Gasteiger partial charge is 0.395 e. The van der Waals surface area contributed by atoms with Crippen molar-refractivity contribution in [3.05, 3.63) is 47.7 Å². The van der Waals surface area contributed by atoms with Gasteiger partial charge in [-0.1, -0.05) is 30.3 Å². The topological polar surface area (TPSA) is 90.0 Å². The van der Waals surface area contributed by atoms with Crippen LogP contribution in [0.4, 0.5) is 0 Å². The summed E-state index contributed by atoms with van der Waals surface area (Å²) in [7, 11) is 0. The van der Waals surface area contributed by atoms with Crippen LogP contribution in [0.1, 0.15) is 17.9 Å². The molecule has 2 atom stereocenters. The molecular formula is C22H29N3O4. The van der Waals surface area contributed by atoms with Crippen LogP contribution in [-0.2, 0) is 14.4 Å². The molecule has 0 amide bonds. The Morgan fingerprint density at radius 3 is 2.31 bits per heavy atom. The maximum Gasteiger partial charge on any atom is 0.178 e. The molecule has 0 bridgehead atoms. The Morgan fingerprint density at radius 2 is 1.69 bits per heavy atom. The number of carbonyl (C=O) groups is 3. The lowest BCUT2D eigenvalue weighted by atomic mass is 9.73. The van der Waals surface area contributed by atoms with Crippen molar-refractivity contribution in [1.82, 2.24) is 15.1 Å². The van der Waals surface area contributed by atoms with E-state index in [1.165, 1.54) is 6.20 Å². The van der Waals surface area contributed by atoms with E-state index < -0.39 is 11.7 Å². The molecule has 1 saturated carbocycles. The second-order valence-corrected chi connectivity index (χ2v) is 7.59. The van der Waals surface area contributed by atoms with Gasteiger partial charge < -0.3 is 15.2 Å². The van der Waals surface area contributed by atoms with Gasteiger partial charge in [-0.3, -0.25) is 19.4 Å². The van der Waals surface area contributed by atoms with E-state index in [0.717, 1.165) is 38.3 Å². The van der Waals surface area contributed by atoms with Crippen molar-refractivity contribution in [3.8, 4) is 0 Å². The minimum atomic E-state index is -0.817. The molecule has 156 valence electrons. The Balaban J connectivity index is 1.53. The molecule has 1 heterocycles. The van der Waals surface area contributed by atoms with E-state index in [-0.39, 0.29) is 30.3 Å². The fraction of sp³-hybridized carbons (Fsp3) is 0.500. The second kappa shape index (κ2) is 10.4. The lowest BCUT2D eigenvalue weighted by Gasteiger charge is -2.34. The van der Waals surface area contributed by atoms with Gasteiger partial charge in [-0.05, 0) is 5.56 Å². The molecule has 1 aromatic carbocycles. The van der Waals surface area contributed by atoms with Gasteiger partial charge in [0.05, 0.1) is 18.1 Å². The van der Waals surface area contributed by atoms with E-state index in [1.807, 2.05) is 30.3 Å². The molecule has 3 rings (SSSR count). The van der Waals surface area contributed by atoms with Gasteiger partial charge in [-0.2, -0.15) is 0 Å². The summed E-state index contributed by atoms with van der Waals surface area (Å²) >= 11 is 0. The second-order valence-electron chi connectivity index (χ2n) is 7.59. The summed E-state index contributed by atoms with van der Waals surface area (Å²) in [4.78, 5) is 41.5.